The lowest BCUT2D eigenvalue weighted by Crippen LogP contribution is -2.42. The number of fused-ring (bicyclic) bond motifs is 1. The standard InChI is InChI=1S/C19H24N2O2/c1-12-7-13(2)11-21(10-12)19(22)17-9-15-8-16(23-4)5-6-18(15)20-14(17)3/h5-6,8-9,12-13H,7,10-11H2,1-4H3. The number of methoxy groups -OCH3 is 1. The molecule has 2 atom stereocenters. The molecule has 1 aliphatic heterocycles. The number of carbonyl (C=O) groups excluding carboxylic acids is 1. The van der Waals surface area contributed by atoms with Gasteiger partial charge < -0.3 is 9.64 Å². The van der Waals surface area contributed by atoms with Crippen molar-refractivity contribution in [2.24, 2.45) is 11.8 Å². The maximum Gasteiger partial charge on any atom is 0.255 e. The van der Waals surface area contributed by atoms with Crippen LogP contribution in [0.2, 0.25) is 0 Å². The van der Waals surface area contributed by atoms with Gasteiger partial charge in [-0.2, -0.15) is 0 Å². The number of ether oxygens (including phenoxy) is 1. The predicted octanol–water partition coefficient (Wildman–Crippen LogP) is 3.67. The van der Waals surface area contributed by atoms with Crippen LogP contribution in [0.15, 0.2) is 24.3 Å². The molecule has 1 aromatic carbocycles. The van der Waals surface area contributed by atoms with E-state index in [1.165, 1.54) is 6.42 Å². The topological polar surface area (TPSA) is 42.4 Å². The smallest absolute Gasteiger partial charge is 0.255 e. The first kappa shape index (κ1) is 15.8. The molecule has 0 bridgehead atoms. The van der Waals surface area contributed by atoms with Crippen LogP contribution in [0, 0.1) is 18.8 Å². The number of nitrogens with zero attached hydrogens (tertiary/aromatic N) is 2. The van der Waals surface area contributed by atoms with Crippen molar-refractivity contribution in [2.75, 3.05) is 20.2 Å². The lowest BCUT2D eigenvalue weighted by molar-refractivity contribution is 0.0622. The zero-order valence-corrected chi connectivity index (χ0v) is 14.3. The molecule has 0 aliphatic carbocycles. The molecule has 0 saturated carbocycles. The highest BCUT2D eigenvalue weighted by molar-refractivity contribution is 5.98. The van der Waals surface area contributed by atoms with E-state index in [0.29, 0.717) is 17.4 Å². The van der Waals surface area contributed by atoms with Crippen LogP contribution in [0.1, 0.15) is 36.3 Å². The lowest BCUT2D eigenvalue weighted by Gasteiger charge is -2.35. The van der Waals surface area contributed by atoms with Gasteiger partial charge in [0, 0.05) is 18.5 Å². The Morgan fingerprint density at radius 2 is 1.91 bits per heavy atom. The second kappa shape index (κ2) is 6.19. The lowest BCUT2D eigenvalue weighted by atomic mass is 9.91. The third-order valence-corrected chi connectivity index (χ3v) is 4.60. The van der Waals surface area contributed by atoms with Gasteiger partial charge in [-0.1, -0.05) is 13.8 Å². The fraction of sp³-hybridized carbons (Fsp3) is 0.474. The second-order valence-corrected chi connectivity index (χ2v) is 6.84. The van der Waals surface area contributed by atoms with Crippen molar-refractivity contribution in [2.45, 2.75) is 27.2 Å². The summed E-state index contributed by atoms with van der Waals surface area (Å²) in [5.41, 5.74) is 2.38. The number of piperidine rings is 1. The van der Waals surface area contributed by atoms with E-state index in [2.05, 4.69) is 18.8 Å². The molecule has 1 fully saturated rings. The van der Waals surface area contributed by atoms with Gasteiger partial charge in [-0.25, -0.2) is 0 Å². The highest BCUT2D eigenvalue weighted by Gasteiger charge is 2.27. The Morgan fingerprint density at radius 1 is 1.22 bits per heavy atom. The van der Waals surface area contributed by atoms with Crippen molar-refractivity contribution in [1.29, 1.82) is 0 Å². The molecule has 2 heterocycles. The van der Waals surface area contributed by atoms with E-state index in [1.54, 1.807) is 7.11 Å². The molecule has 0 spiro atoms. The van der Waals surface area contributed by atoms with Crippen molar-refractivity contribution in [3.05, 3.63) is 35.5 Å². The van der Waals surface area contributed by atoms with E-state index in [-0.39, 0.29) is 5.91 Å². The first-order chi connectivity index (χ1) is 11.0. The number of benzene rings is 1. The Morgan fingerprint density at radius 3 is 2.57 bits per heavy atom. The third kappa shape index (κ3) is 3.16. The van der Waals surface area contributed by atoms with Gasteiger partial charge in [0.05, 0.1) is 23.9 Å². The minimum absolute atomic E-state index is 0.0955. The minimum Gasteiger partial charge on any atom is -0.497 e. The van der Waals surface area contributed by atoms with Crippen LogP contribution in [0.3, 0.4) is 0 Å². The van der Waals surface area contributed by atoms with Gasteiger partial charge in [0.25, 0.3) is 5.91 Å². The summed E-state index contributed by atoms with van der Waals surface area (Å²) in [6.07, 6.45) is 1.19. The van der Waals surface area contributed by atoms with Gasteiger partial charge in [-0.05, 0) is 49.4 Å². The van der Waals surface area contributed by atoms with Crippen molar-refractivity contribution in [1.82, 2.24) is 9.88 Å². The summed E-state index contributed by atoms with van der Waals surface area (Å²) in [5, 5.41) is 0.941. The highest BCUT2D eigenvalue weighted by Crippen LogP contribution is 2.26. The monoisotopic (exact) mass is 312 g/mol. The quantitative estimate of drug-likeness (QED) is 0.849. The number of hydrogen-bond donors (Lipinski definition) is 0. The maximum absolute atomic E-state index is 13.0. The van der Waals surface area contributed by atoms with Gasteiger partial charge >= 0.3 is 0 Å². The molecule has 1 saturated heterocycles. The summed E-state index contributed by atoms with van der Waals surface area (Å²) in [6, 6.07) is 7.71. The molecule has 2 aromatic rings. The Hall–Kier alpha value is -2.10. The van der Waals surface area contributed by atoms with Crippen LogP contribution in [0.5, 0.6) is 5.75 Å². The largest absolute Gasteiger partial charge is 0.497 e. The van der Waals surface area contributed by atoms with Crippen LogP contribution in [0.25, 0.3) is 10.9 Å². The molecule has 23 heavy (non-hydrogen) atoms. The Balaban J connectivity index is 1.97. The molecule has 1 aromatic heterocycles. The SMILES string of the molecule is COc1ccc2nc(C)c(C(=O)N3CC(C)CC(C)C3)cc2c1. The van der Waals surface area contributed by atoms with E-state index < -0.39 is 0 Å². The van der Waals surface area contributed by atoms with Crippen molar-refractivity contribution in [3.8, 4) is 5.75 Å². The molecule has 4 heteroatoms. The Kier molecular flexibility index (Phi) is 4.24. The highest BCUT2D eigenvalue weighted by atomic mass is 16.5. The molecule has 1 amide bonds. The average molecular weight is 312 g/mol. The Bertz CT molecular complexity index is 731. The predicted molar refractivity (Wildman–Crippen MR) is 91.9 cm³/mol. The number of aryl methyl sites for hydroxylation is 1. The van der Waals surface area contributed by atoms with Gasteiger partial charge in [0.1, 0.15) is 5.75 Å². The maximum atomic E-state index is 13.0. The molecule has 3 rings (SSSR count). The number of hydrogen-bond acceptors (Lipinski definition) is 3. The fourth-order valence-electron chi connectivity index (χ4n) is 3.59. The first-order valence-corrected chi connectivity index (χ1v) is 8.22. The number of likely N-dealkylation sites (tertiary alicyclic amines) is 1. The van der Waals surface area contributed by atoms with Crippen LogP contribution < -0.4 is 4.74 Å². The molecule has 122 valence electrons. The van der Waals surface area contributed by atoms with E-state index in [1.807, 2.05) is 36.1 Å². The number of pyridine rings is 1. The molecule has 1 aliphatic rings. The van der Waals surface area contributed by atoms with Crippen LogP contribution in [0.4, 0.5) is 0 Å². The van der Waals surface area contributed by atoms with Gasteiger partial charge in [0.2, 0.25) is 0 Å². The molecular formula is C19H24N2O2. The van der Waals surface area contributed by atoms with Crippen LogP contribution in [-0.2, 0) is 0 Å². The van der Waals surface area contributed by atoms with Crippen LogP contribution >= 0.6 is 0 Å². The minimum atomic E-state index is 0.0955. The summed E-state index contributed by atoms with van der Waals surface area (Å²) in [5.74, 6) is 1.98. The molecule has 4 nitrogen and oxygen atoms in total. The van der Waals surface area contributed by atoms with E-state index in [0.717, 1.165) is 35.4 Å². The molecule has 0 radical (unpaired) electrons. The van der Waals surface area contributed by atoms with Crippen LogP contribution in [-0.4, -0.2) is 36.0 Å². The van der Waals surface area contributed by atoms with Crippen molar-refractivity contribution in [3.63, 3.8) is 0 Å². The van der Waals surface area contributed by atoms with E-state index >= 15 is 0 Å². The first-order valence-electron chi connectivity index (χ1n) is 8.22. The van der Waals surface area contributed by atoms with Crippen molar-refractivity contribution < 1.29 is 9.53 Å². The number of carbonyl (C=O) groups is 1. The number of amides is 1. The average Bonchev–Trinajstić information content (AvgIpc) is 2.52. The fourth-order valence-corrected chi connectivity index (χ4v) is 3.59. The Labute approximate surface area is 137 Å². The summed E-state index contributed by atoms with van der Waals surface area (Å²) in [7, 11) is 1.64. The summed E-state index contributed by atoms with van der Waals surface area (Å²) in [6.45, 7) is 8.00. The van der Waals surface area contributed by atoms with Crippen molar-refractivity contribution >= 4 is 16.8 Å². The molecule has 2 unspecified atom stereocenters. The number of aromatic nitrogens is 1. The third-order valence-electron chi connectivity index (χ3n) is 4.60. The van der Waals surface area contributed by atoms with Gasteiger partial charge in [-0.15, -0.1) is 0 Å². The molecular weight excluding hydrogens is 288 g/mol. The second-order valence-electron chi connectivity index (χ2n) is 6.84. The zero-order chi connectivity index (χ0) is 16.6. The van der Waals surface area contributed by atoms with E-state index in [9.17, 15) is 4.79 Å². The van der Waals surface area contributed by atoms with Gasteiger partial charge in [0.15, 0.2) is 0 Å². The zero-order valence-electron chi connectivity index (χ0n) is 14.3. The normalized spacial score (nSPS) is 21.5. The van der Waals surface area contributed by atoms with Gasteiger partial charge in [-0.3, -0.25) is 9.78 Å². The van der Waals surface area contributed by atoms with E-state index in [4.69, 9.17) is 4.74 Å². The molecule has 0 N–H and O–H groups in total. The summed E-state index contributed by atoms with van der Waals surface area (Å²) < 4.78 is 5.27. The summed E-state index contributed by atoms with van der Waals surface area (Å²) >= 11 is 0. The summed E-state index contributed by atoms with van der Waals surface area (Å²) in [4.78, 5) is 19.5. The number of rotatable bonds is 2.